The monoisotopic (exact) mass is 414 g/mol. The van der Waals surface area contributed by atoms with E-state index in [1.807, 2.05) is 24.3 Å². The fourth-order valence-electron chi connectivity index (χ4n) is 4.26. The first-order valence-corrected chi connectivity index (χ1v) is 10.1. The van der Waals surface area contributed by atoms with Crippen LogP contribution in [0.1, 0.15) is 18.4 Å². The molecule has 1 N–H and O–H groups in total. The van der Waals surface area contributed by atoms with Crippen LogP contribution in [0.15, 0.2) is 54.9 Å². The van der Waals surface area contributed by atoms with Crippen LogP contribution < -0.4 is 15.1 Å². The topological polar surface area (TPSA) is 85.1 Å². The van der Waals surface area contributed by atoms with E-state index in [0.29, 0.717) is 22.8 Å². The number of rotatable bonds is 2. The first-order valence-electron chi connectivity index (χ1n) is 10.1. The minimum absolute atomic E-state index is 0.0315. The summed E-state index contributed by atoms with van der Waals surface area (Å²) in [7, 11) is 0. The molecule has 4 heterocycles. The normalized spacial score (nSPS) is 17.0. The Morgan fingerprint density at radius 3 is 2.97 bits per heavy atom. The van der Waals surface area contributed by atoms with Crippen molar-refractivity contribution in [2.45, 2.75) is 18.9 Å². The molecule has 8 heteroatoms. The number of aromatic nitrogens is 2. The second-order valence-electron chi connectivity index (χ2n) is 7.67. The molecule has 154 valence electrons. The standard InChI is InChI=1S/C23H19FN6O/c24-17-10-18(13-26-12-17)27-23(31)30-19-5-2-8-29(14-19)21-7-6-20(28-22(21)30)16-4-1-3-15(9-16)11-25/h1,3-4,6-7,9-10,12-13,19H,2,5,8,14H2,(H,27,31)/t19-/m1/s1. The fourth-order valence-corrected chi connectivity index (χ4v) is 4.26. The molecule has 1 atom stereocenters. The van der Waals surface area contributed by atoms with Crippen molar-refractivity contribution in [1.82, 2.24) is 9.97 Å². The Morgan fingerprint density at radius 1 is 1.23 bits per heavy atom. The Morgan fingerprint density at radius 2 is 2.13 bits per heavy atom. The Labute approximate surface area is 178 Å². The van der Waals surface area contributed by atoms with Gasteiger partial charge in [-0.15, -0.1) is 0 Å². The van der Waals surface area contributed by atoms with Crippen molar-refractivity contribution in [3.63, 3.8) is 0 Å². The second-order valence-corrected chi connectivity index (χ2v) is 7.67. The van der Waals surface area contributed by atoms with Gasteiger partial charge in [-0.05, 0) is 37.1 Å². The molecule has 2 amide bonds. The van der Waals surface area contributed by atoms with Crippen molar-refractivity contribution in [2.75, 3.05) is 28.2 Å². The molecule has 5 rings (SSSR count). The maximum atomic E-state index is 13.5. The van der Waals surface area contributed by atoms with Gasteiger partial charge in [-0.2, -0.15) is 5.26 Å². The summed E-state index contributed by atoms with van der Waals surface area (Å²) in [6, 6.07) is 14.1. The Bertz CT molecular complexity index is 1210. The lowest BCUT2D eigenvalue weighted by Gasteiger charge is -2.45. The Hall–Kier alpha value is -3.99. The summed E-state index contributed by atoms with van der Waals surface area (Å²) in [6.45, 7) is 1.64. The summed E-state index contributed by atoms with van der Waals surface area (Å²) in [5.74, 6) is 0.0520. The van der Waals surface area contributed by atoms with Gasteiger partial charge in [-0.25, -0.2) is 14.2 Å². The van der Waals surface area contributed by atoms with Crippen LogP contribution in [0, 0.1) is 17.1 Å². The van der Waals surface area contributed by atoms with E-state index in [1.54, 1.807) is 17.0 Å². The first kappa shape index (κ1) is 19.0. The summed E-state index contributed by atoms with van der Waals surface area (Å²) in [6.07, 6.45) is 4.34. The van der Waals surface area contributed by atoms with E-state index in [0.717, 1.165) is 43.4 Å². The first-order chi connectivity index (χ1) is 15.1. The van der Waals surface area contributed by atoms with Crippen molar-refractivity contribution in [3.8, 4) is 17.3 Å². The number of hydrogen-bond donors (Lipinski definition) is 1. The zero-order valence-electron chi connectivity index (χ0n) is 16.6. The molecule has 2 bridgehead atoms. The summed E-state index contributed by atoms with van der Waals surface area (Å²) in [5.41, 5.74) is 3.22. The maximum Gasteiger partial charge on any atom is 0.327 e. The van der Waals surface area contributed by atoms with E-state index in [4.69, 9.17) is 4.98 Å². The van der Waals surface area contributed by atoms with E-state index in [1.165, 1.54) is 12.3 Å². The number of piperidine rings is 1. The van der Waals surface area contributed by atoms with Gasteiger partial charge in [0, 0.05) is 24.7 Å². The van der Waals surface area contributed by atoms with Gasteiger partial charge in [0.1, 0.15) is 5.82 Å². The average Bonchev–Trinajstić information content (AvgIpc) is 2.79. The molecule has 2 aromatic heterocycles. The molecular formula is C23H19FN6O. The van der Waals surface area contributed by atoms with E-state index in [2.05, 4.69) is 21.3 Å². The molecule has 1 saturated heterocycles. The lowest BCUT2D eigenvalue weighted by atomic mass is 9.99. The molecule has 0 spiro atoms. The number of anilines is 3. The quantitative estimate of drug-likeness (QED) is 0.680. The molecular weight excluding hydrogens is 395 g/mol. The number of fused-ring (bicyclic) bond motifs is 4. The summed E-state index contributed by atoms with van der Waals surface area (Å²) >= 11 is 0. The molecule has 2 aliphatic rings. The number of urea groups is 1. The van der Waals surface area contributed by atoms with Crippen LogP contribution in [0.5, 0.6) is 0 Å². The largest absolute Gasteiger partial charge is 0.366 e. The van der Waals surface area contributed by atoms with Gasteiger partial charge in [-0.1, -0.05) is 12.1 Å². The molecule has 31 heavy (non-hydrogen) atoms. The summed E-state index contributed by atoms with van der Waals surface area (Å²) in [5, 5.41) is 12.0. The van der Waals surface area contributed by atoms with Crippen molar-refractivity contribution in [1.29, 1.82) is 5.26 Å². The maximum absolute atomic E-state index is 13.5. The molecule has 0 saturated carbocycles. The Balaban J connectivity index is 1.55. The van der Waals surface area contributed by atoms with Crippen molar-refractivity contribution < 1.29 is 9.18 Å². The Kier molecular flexibility index (Phi) is 4.71. The van der Waals surface area contributed by atoms with Gasteiger partial charge in [0.2, 0.25) is 0 Å². The van der Waals surface area contributed by atoms with Crippen LogP contribution >= 0.6 is 0 Å². The number of benzene rings is 1. The molecule has 3 aromatic rings. The van der Waals surface area contributed by atoms with Crippen LogP contribution in [0.4, 0.5) is 26.4 Å². The molecule has 7 nitrogen and oxygen atoms in total. The number of pyridine rings is 2. The fraction of sp³-hybridized carbons (Fsp3) is 0.217. The summed E-state index contributed by atoms with van der Waals surface area (Å²) < 4.78 is 13.5. The predicted octanol–water partition coefficient (Wildman–Crippen LogP) is 4.18. The van der Waals surface area contributed by atoms with Crippen LogP contribution in [0.25, 0.3) is 11.3 Å². The van der Waals surface area contributed by atoms with E-state index in [9.17, 15) is 14.4 Å². The lowest BCUT2D eigenvalue weighted by molar-refractivity contribution is 0.252. The molecule has 1 fully saturated rings. The third kappa shape index (κ3) is 3.55. The van der Waals surface area contributed by atoms with Gasteiger partial charge in [0.05, 0.1) is 47.1 Å². The molecule has 1 aromatic carbocycles. The van der Waals surface area contributed by atoms with Crippen LogP contribution in [-0.2, 0) is 0 Å². The SMILES string of the molecule is N#Cc1cccc(-c2ccc3c(n2)N(C(=O)Nc2cncc(F)c2)[C@@H]2CCCN3C2)c1. The van der Waals surface area contributed by atoms with Gasteiger partial charge >= 0.3 is 6.03 Å². The number of hydrogen-bond acceptors (Lipinski definition) is 5. The number of nitrogens with one attached hydrogen (secondary N) is 1. The number of halogens is 1. The third-order valence-corrected chi connectivity index (χ3v) is 5.65. The molecule has 0 unspecified atom stereocenters. The minimum atomic E-state index is -0.515. The predicted molar refractivity (Wildman–Crippen MR) is 115 cm³/mol. The number of nitrogens with zero attached hydrogens (tertiary/aromatic N) is 5. The third-order valence-electron chi connectivity index (χ3n) is 5.65. The highest BCUT2D eigenvalue weighted by Gasteiger charge is 2.38. The zero-order valence-corrected chi connectivity index (χ0v) is 16.6. The van der Waals surface area contributed by atoms with Gasteiger partial charge < -0.3 is 10.2 Å². The average molecular weight is 414 g/mol. The number of nitriles is 1. The second kappa shape index (κ2) is 7.69. The molecule has 0 aliphatic carbocycles. The zero-order chi connectivity index (χ0) is 21.4. The highest BCUT2D eigenvalue weighted by atomic mass is 19.1. The van der Waals surface area contributed by atoms with Crippen molar-refractivity contribution in [2.24, 2.45) is 0 Å². The number of amides is 2. The van der Waals surface area contributed by atoms with E-state index < -0.39 is 5.82 Å². The molecule has 0 radical (unpaired) electrons. The van der Waals surface area contributed by atoms with E-state index >= 15 is 0 Å². The summed E-state index contributed by atoms with van der Waals surface area (Å²) in [4.78, 5) is 25.8. The van der Waals surface area contributed by atoms with Gasteiger partial charge in [0.25, 0.3) is 0 Å². The number of carbonyl (C=O) groups is 1. The van der Waals surface area contributed by atoms with Crippen molar-refractivity contribution >= 4 is 23.2 Å². The lowest BCUT2D eigenvalue weighted by Crippen LogP contribution is -2.56. The molecule has 2 aliphatic heterocycles. The van der Waals surface area contributed by atoms with Gasteiger partial charge in [0.15, 0.2) is 5.82 Å². The minimum Gasteiger partial charge on any atom is -0.366 e. The highest BCUT2D eigenvalue weighted by Crippen LogP contribution is 2.39. The van der Waals surface area contributed by atoms with Gasteiger partial charge in [-0.3, -0.25) is 9.88 Å². The number of carbonyl (C=O) groups excluding carboxylic acids is 1. The van der Waals surface area contributed by atoms with Crippen molar-refractivity contribution in [3.05, 3.63) is 66.2 Å². The van der Waals surface area contributed by atoms with Crippen LogP contribution in [0.3, 0.4) is 0 Å². The highest BCUT2D eigenvalue weighted by molar-refractivity contribution is 6.04. The smallest absolute Gasteiger partial charge is 0.327 e. The van der Waals surface area contributed by atoms with Crippen LogP contribution in [0.2, 0.25) is 0 Å². The van der Waals surface area contributed by atoms with Crippen LogP contribution in [-0.4, -0.2) is 35.1 Å². The van der Waals surface area contributed by atoms with E-state index in [-0.39, 0.29) is 12.1 Å².